The minimum absolute atomic E-state index is 0.397. The molecule has 1 saturated carbocycles. The molecule has 0 amide bonds. The van der Waals surface area contributed by atoms with Gasteiger partial charge in [0.1, 0.15) is 5.54 Å². The molecule has 0 spiro atoms. The number of rotatable bonds is 6. The molecule has 0 aromatic carbocycles. The molecule has 2 atom stereocenters. The summed E-state index contributed by atoms with van der Waals surface area (Å²) in [6.45, 7) is 10.0. The first-order chi connectivity index (χ1) is 8.01. The van der Waals surface area contributed by atoms with E-state index in [2.05, 4.69) is 31.7 Å². The molecular weight excluding hydrogens is 210 g/mol. The highest BCUT2D eigenvalue weighted by molar-refractivity contribution is 5.11. The fourth-order valence-corrected chi connectivity index (χ4v) is 2.89. The van der Waals surface area contributed by atoms with Crippen LogP contribution >= 0.6 is 0 Å². The third kappa shape index (κ3) is 3.97. The van der Waals surface area contributed by atoms with Crippen molar-refractivity contribution in [2.24, 2.45) is 17.6 Å². The van der Waals surface area contributed by atoms with E-state index in [4.69, 9.17) is 5.73 Å². The Kier molecular flexibility index (Phi) is 5.42. The van der Waals surface area contributed by atoms with E-state index >= 15 is 0 Å². The topological polar surface area (TPSA) is 53.0 Å². The Morgan fingerprint density at radius 2 is 2.24 bits per heavy atom. The summed E-state index contributed by atoms with van der Waals surface area (Å²) < 4.78 is 0. The number of nitrogens with zero attached hydrogens (tertiary/aromatic N) is 2. The molecule has 0 saturated heterocycles. The van der Waals surface area contributed by atoms with E-state index in [9.17, 15) is 5.26 Å². The Bertz CT molecular complexity index is 269. The zero-order valence-electron chi connectivity index (χ0n) is 11.6. The lowest BCUT2D eigenvalue weighted by Gasteiger charge is -2.28. The van der Waals surface area contributed by atoms with Crippen LogP contribution in [-0.2, 0) is 0 Å². The number of nitrogens with two attached hydrogens (primary N) is 1. The lowest BCUT2D eigenvalue weighted by molar-refractivity contribution is 0.225. The molecule has 0 aromatic heterocycles. The summed E-state index contributed by atoms with van der Waals surface area (Å²) >= 11 is 0. The van der Waals surface area contributed by atoms with Crippen LogP contribution in [-0.4, -0.2) is 30.1 Å². The van der Waals surface area contributed by atoms with E-state index in [1.807, 2.05) is 0 Å². The van der Waals surface area contributed by atoms with Crippen LogP contribution < -0.4 is 5.73 Å². The summed E-state index contributed by atoms with van der Waals surface area (Å²) in [5.41, 5.74) is 5.61. The van der Waals surface area contributed by atoms with Crippen LogP contribution in [0.1, 0.15) is 46.5 Å². The molecule has 0 aromatic rings. The predicted molar refractivity (Wildman–Crippen MR) is 71.4 cm³/mol. The average Bonchev–Trinajstić information content (AvgIpc) is 2.66. The molecule has 1 fully saturated rings. The van der Waals surface area contributed by atoms with Crippen molar-refractivity contribution in [2.75, 3.05) is 19.6 Å². The highest BCUT2D eigenvalue weighted by Gasteiger charge is 2.39. The second-order valence-corrected chi connectivity index (χ2v) is 5.82. The lowest BCUT2D eigenvalue weighted by Crippen LogP contribution is -2.43. The highest BCUT2D eigenvalue weighted by atomic mass is 15.1. The summed E-state index contributed by atoms with van der Waals surface area (Å²) in [5.74, 6) is 1.10. The van der Waals surface area contributed by atoms with Gasteiger partial charge in [-0.15, -0.1) is 0 Å². The molecular formula is C14H27N3. The van der Waals surface area contributed by atoms with Crippen molar-refractivity contribution >= 4 is 0 Å². The fourth-order valence-electron chi connectivity index (χ4n) is 2.89. The maximum absolute atomic E-state index is 9.17. The van der Waals surface area contributed by atoms with Crippen LogP contribution in [0.15, 0.2) is 0 Å². The summed E-state index contributed by atoms with van der Waals surface area (Å²) in [5, 5.41) is 9.17. The van der Waals surface area contributed by atoms with Gasteiger partial charge in [-0.25, -0.2) is 0 Å². The first-order valence-electron chi connectivity index (χ1n) is 6.94. The molecule has 1 aliphatic rings. The standard InChI is InChI=1S/C14H27N3/c1-4-17(10-12(2)3)9-7-13-6-5-8-14(13,16)11-15/h12-13H,4-10,16H2,1-3H3. The molecule has 2 unspecified atom stereocenters. The van der Waals surface area contributed by atoms with Crippen molar-refractivity contribution in [3.63, 3.8) is 0 Å². The Labute approximate surface area is 106 Å². The Balaban J connectivity index is 2.41. The minimum Gasteiger partial charge on any atom is -0.313 e. The third-order valence-corrected chi connectivity index (χ3v) is 3.94. The van der Waals surface area contributed by atoms with Crippen LogP contribution in [0, 0.1) is 23.2 Å². The van der Waals surface area contributed by atoms with Gasteiger partial charge < -0.3 is 10.6 Å². The van der Waals surface area contributed by atoms with E-state index in [1.54, 1.807) is 0 Å². The van der Waals surface area contributed by atoms with Crippen molar-refractivity contribution in [3.8, 4) is 6.07 Å². The number of nitriles is 1. The zero-order chi connectivity index (χ0) is 12.9. The van der Waals surface area contributed by atoms with E-state index in [0.717, 1.165) is 45.3 Å². The largest absolute Gasteiger partial charge is 0.313 e. The van der Waals surface area contributed by atoms with E-state index < -0.39 is 5.54 Å². The smallest absolute Gasteiger partial charge is 0.107 e. The molecule has 0 heterocycles. The van der Waals surface area contributed by atoms with Crippen molar-refractivity contribution in [3.05, 3.63) is 0 Å². The number of hydrogen-bond donors (Lipinski definition) is 1. The Morgan fingerprint density at radius 3 is 2.76 bits per heavy atom. The molecule has 3 heteroatoms. The van der Waals surface area contributed by atoms with Crippen LogP contribution in [0.25, 0.3) is 0 Å². The van der Waals surface area contributed by atoms with Crippen molar-refractivity contribution in [1.82, 2.24) is 4.90 Å². The second-order valence-electron chi connectivity index (χ2n) is 5.82. The van der Waals surface area contributed by atoms with Crippen molar-refractivity contribution in [2.45, 2.75) is 52.0 Å². The summed E-state index contributed by atoms with van der Waals surface area (Å²) in [6.07, 6.45) is 4.20. The zero-order valence-corrected chi connectivity index (χ0v) is 11.6. The molecule has 0 aliphatic heterocycles. The highest BCUT2D eigenvalue weighted by Crippen LogP contribution is 2.35. The average molecular weight is 237 g/mol. The van der Waals surface area contributed by atoms with Gasteiger partial charge in [0, 0.05) is 6.54 Å². The predicted octanol–water partition coefficient (Wildman–Crippen LogP) is 2.38. The molecule has 3 nitrogen and oxygen atoms in total. The maximum atomic E-state index is 9.17. The summed E-state index contributed by atoms with van der Waals surface area (Å²) in [6, 6.07) is 2.33. The fraction of sp³-hybridized carbons (Fsp3) is 0.929. The third-order valence-electron chi connectivity index (χ3n) is 3.94. The van der Waals surface area contributed by atoms with Gasteiger partial charge in [-0.3, -0.25) is 0 Å². The summed E-state index contributed by atoms with van der Waals surface area (Å²) in [4.78, 5) is 2.47. The van der Waals surface area contributed by atoms with Crippen LogP contribution in [0.5, 0.6) is 0 Å². The Morgan fingerprint density at radius 1 is 1.53 bits per heavy atom. The normalized spacial score (nSPS) is 28.9. The van der Waals surface area contributed by atoms with Gasteiger partial charge in [0.2, 0.25) is 0 Å². The van der Waals surface area contributed by atoms with Crippen molar-refractivity contribution in [1.29, 1.82) is 5.26 Å². The molecule has 98 valence electrons. The maximum Gasteiger partial charge on any atom is 0.107 e. The number of hydrogen-bond acceptors (Lipinski definition) is 3. The first-order valence-corrected chi connectivity index (χ1v) is 6.94. The van der Waals surface area contributed by atoms with Crippen LogP contribution in [0.2, 0.25) is 0 Å². The monoisotopic (exact) mass is 237 g/mol. The SMILES string of the molecule is CCN(CCC1CCCC1(N)C#N)CC(C)C. The molecule has 1 rings (SSSR count). The molecule has 0 bridgehead atoms. The first kappa shape index (κ1) is 14.5. The lowest BCUT2D eigenvalue weighted by atomic mass is 9.87. The van der Waals surface area contributed by atoms with Gasteiger partial charge in [0.15, 0.2) is 0 Å². The van der Waals surface area contributed by atoms with Gasteiger partial charge in [0.25, 0.3) is 0 Å². The van der Waals surface area contributed by atoms with Crippen LogP contribution in [0.3, 0.4) is 0 Å². The van der Waals surface area contributed by atoms with Gasteiger partial charge in [-0.1, -0.05) is 27.2 Å². The summed E-state index contributed by atoms with van der Waals surface area (Å²) in [7, 11) is 0. The second kappa shape index (κ2) is 6.37. The van der Waals surface area contributed by atoms with Crippen molar-refractivity contribution < 1.29 is 0 Å². The minimum atomic E-state index is -0.544. The van der Waals surface area contributed by atoms with E-state index in [-0.39, 0.29) is 0 Å². The molecule has 2 N–H and O–H groups in total. The quantitative estimate of drug-likeness (QED) is 0.771. The van der Waals surface area contributed by atoms with Crippen LogP contribution in [0.4, 0.5) is 0 Å². The van der Waals surface area contributed by atoms with Gasteiger partial charge in [-0.2, -0.15) is 5.26 Å². The molecule has 17 heavy (non-hydrogen) atoms. The van der Waals surface area contributed by atoms with Gasteiger partial charge in [-0.05, 0) is 44.2 Å². The Hall–Kier alpha value is -0.590. The molecule has 0 radical (unpaired) electrons. The van der Waals surface area contributed by atoms with Gasteiger partial charge in [0.05, 0.1) is 6.07 Å². The van der Waals surface area contributed by atoms with E-state index in [0.29, 0.717) is 11.8 Å². The molecule has 1 aliphatic carbocycles. The van der Waals surface area contributed by atoms with E-state index in [1.165, 1.54) is 0 Å². The van der Waals surface area contributed by atoms with Gasteiger partial charge >= 0.3 is 0 Å².